The molecule has 1 fully saturated rings. The molecule has 2 rings (SSSR count). The van der Waals surface area contributed by atoms with E-state index in [0.717, 1.165) is 57.7 Å². The van der Waals surface area contributed by atoms with Gasteiger partial charge in [0.2, 0.25) is 0 Å². The first-order chi connectivity index (χ1) is 10.8. The van der Waals surface area contributed by atoms with Crippen LogP contribution in [-0.2, 0) is 6.42 Å². The van der Waals surface area contributed by atoms with Crippen molar-refractivity contribution in [2.24, 2.45) is 10.9 Å². The highest BCUT2D eigenvalue weighted by Gasteiger charge is 2.24. The van der Waals surface area contributed by atoms with E-state index in [9.17, 15) is 5.11 Å². The Kier molecular flexibility index (Phi) is 10.3. The summed E-state index contributed by atoms with van der Waals surface area (Å²) < 4.78 is 0. The lowest BCUT2D eigenvalue weighted by Gasteiger charge is -2.15. The van der Waals surface area contributed by atoms with E-state index in [1.165, 1.54) is 5.56 Å². The van der Waals surface area contributed by atoms with E-state index in [1.807, 2.05) is 0 Å². The predicted molar refractivity (Wildman–Crippen MR) is 108 cm³/mol. The fourth-order valence-electron chi connectivity index (χ4n) is 2.92. The maximum absolute atomic E-state index is 9.86. The standard InChI is InChI=1S/C18H29N3O.HI/c1-2-19-18(21-14-16-11-6-12-17(16)22)20-13-7-10-15-8-4-3-5-9-15;/h3-5,8-9,16-17,22H,2,6-7,10-14H2,1H3,(H2,19,20,21);1H. The zero-order valence-electron chi connectivity index (χ0n) is 14.0. The fourth-order valence-corrected chi connectivity index (χ4v) is 2.92. The molecule has 0 radical (unpaired) electrons. The Hall–Kier alpha value is -0.820. The van der Waals surface area contributed by atoms with Crippen LogP contribution < -0.4 is 10.6 Å². The fraction of sp³-hybridized carbons (Fsp3) is 0.611. The number of aliphatic hydroxyl groups is 1. The van der Waals surface area contributed by atoms with E-state index in [-0.39, 0.29) is 30.1 Å². The predicted octanol–water partition coefficient (Wildman–Crippen LogP) is 2.95. The zero-order chi connectivity index (χ0) is 15.6. The molecule has 1 aliphatic rings. The lowest BCUT2D eigenvalue weighted by molar-refractivity contribution is 0.136. The molecule has 5 heteroatoms. The number of halogens is 1. The highest BCUT2D eigenvalue weighted by atomic mass is 127. The third-order valence-corrected chi connectivity index (χ3v) is 4.22. The molecule has 4 nitrogen and oxygen atoms in total. The first-order valence-corrected chi connectivity index (χ1v) is 8.53. The molecule has 1 saturated carbocycles. The number of guanidine groups is 1. The summed E-state index contributed by atoms with van der Waals surface area (Å²) in [5.41, 5.74) is 1.38. The average molecular weight is 431 g/mol. The van der Waals surface area contributed by atoms with Gasteiger partial charge < -0.3 is 15.7 Å². The topological polar surface area (TPSA) is 56.7 Å². The van der Waals surface area contributed by atoms with Gasteiger partial charge >= 0.3 is 0 Å². The van der Waals surface area contributed by atoms with E-state index in [4.69, 9.17) is 0 Å². The smallest absolute Gasteiger partial charge is 0.191 e. The van der Waals surface area contributed by atoms with Gasteiger partial charge in [-0.2, -0.15) is 0 Å². The molecule has 2 unspecified atom stereocenters. The molecule has 23 heavy (non-hydrogen) atoms. The van der Waals surface area contributed by atoms with Crippen molar-refractivity contribution in [1.29, 1.82) is 0 Å². The van der Waals surface area contributed by atoms with Gasteiger partial charge in [-0.3, -0.25) is 4.99 Å². The molecule has 0 bridgehead atoms. The van der Waals surface area contributed by atoms with Gasteiger partial charge in [0.25, 0.3) is 0 Å². The second-order valence-electron chi connectivity index (χ2n) is 5.99. The normalized spacial score (nSPS) is 20.9. The minimum atomic E-state index is -0.162. The van der Waals surface area contributed by atoms with Crippen molar-refractivity contribution in [3.05, 3.63) is 35.9 Å². The van der Waals surface area contributed by atoms with Crippen molar-refractivity contribution in [2.75, 3.05) is 19.6 Å². The largest absolute Gasteiger partial charge is 0.393 e. The van der Waals surface area contributed by atoms with E-state index in [1.54, 1.807) is 0 Å². The molecule has 0 saturated heterocycles. The quantitative estimate of drug-likeness (QED) is 0.269. The third-order valence-electron chi connectivity index (χ3n) is 4.22. The Labute approximate surface area is 157 Å². The van der Waals surface area contributed by atoms with Crippen molar-refractivity contribution >= 4 is 29.9 Å². The van der Waals surface area contributed by atoms with Gasteiger partial charge in [0.1, 0.15) is 0 Å². The first kappa shape index (κ1) is 20.2. The lowest BCUT2D eigenvalue weighted by atomic mass is 10.1. The summed E-state index contributed by atoms with van der Waals surface area (Å²) in [6, 6.07) is 10.6. The summed E-state index contributed by atoms with van der Waals surface area (Å²) in [5.74, 6) is 1.20. The second kappa shape index (κ2) is 11.7. The van der Waals surface area contributed by atoms with E-state index in [0.29, 0.717) is 5.92 Å². The van der Waals surface area contributed by atoms with E-state index < -0.39 is 0 Å². The maximum Gasteiger partial charge on any atom is 0.191 e. The molecule has 0 amide bonds. The second-order valence-corrected chi connectivity index (χ2v) is 5.99. The highest BCUT2D eigenvalue weighted by molar-refractivity contribution is 14.0. The first-order valence-electron chi connectivity index (χ1n) is 8.53. The molecule has 1 aromatic rings. The number of benzene rings is 1. The monoisotopic (exact) mass is 431 g/mol. The molecule has 0 aliphatic heterocycles. The summed E-state index contributed by atoms with van der Waals surface area (Å²) >= 11 is 0. The molecule has 0 spiro atoms. The van der Waals surface area contributed by atoms with Crippen LogP contribution in [0.4, 0.5) is 0 Å². The summed E-state index contributed by atoms with van der Waals surface area (Å²) in [6.07, 6.45) is 5.15. The Morgan fingerprint density at radius 2 is 2.00 bits per heavy atom. The maximum atomic E-state index is 9.86. The van der Waals surface area contributed by atoms with Crippen LogP contribution in [0.25, 0.3) is 0 Å². The van der Waals surface area contributed by atoms with Crippen LogP contribution in [-0.4, -0.2) is 36.8 Å². The number of hydrogen-bond donors (Lipinski definition) is 3. The minimum absolute atomic E-state index is 0. The van der Waals surface area contributed by atoms with Crippen LogP contribution in [0.3, 0.4) is 0 Å². The number of aliphatic imine (C=N–C) groups is 1. The number of hydrogen-bond acceptors (Lipinski definition) is 2. The van der Waals surface area contributed by atoms with Crippen molar-refractivity contribution < 1.29 is 5.11 Å². The number of rotatable bonds is 7. The highest BCUT2D eigenvalue weighted by Crippen LogP contribution is 2.25. The number of aryl methyl sites for hydroxylation is 1. The Morgan fingerprint density at radius 3 is 2.65 bits per heavy atom. The third kappa shape index (κ3) is 7.52. The molecule has 130 valence electrons. The number of aliphatic hydroxyl groups excluding tert-OH is 1. The average Bonchev–Trinajstić information content (AvgIpc) is 2.95. The SMILES string of the molecule is CCNC(=NCC1CCCC1O)NCCCc1ccccc1.I. The number of nitrogens with one attached hydrogen (secondary N) is 2. The van der Waals surface area contributed by atoms with Gasteiger partial charge in [-0.15, -0.1) is 24.0 Å². The van der Waals surface area contributed by atoms with Crippen molar-refractivity contribution in [3.8, 4) is 0 Å². The Bertz CT molecular complexity index is 453. The zero-order valence-corrected chi connectivity index (χ0v) is 16.3. The summed E-state index contributed by atoms with van der Waals surface area (Å²) in [6.45, 7) is 4.56. The van der Waals surface area contributed by atoms with Crippen molar-refractivity contribution in [3.63, 3.8) is 0 Å². The molecule has 1 aromatic carbocycles. The van der Waals surface area contributed by atoms with Gasteiger partial charge in [-0.05, 0) is 38.2 Å². The lowest BCUT2D eigenvalue weighted by Crippen LogP contribution is -2.38. The van der Waals surface area contributed by atoms with Gasteiger partial charge in [0.05, 0.1) is 6.10 Å². The van der Waals surface area contributed by atoms with E-state index in [2.05, 4.69) is 52.9 Å². The van der Waals surface area contributed by atoms with Gasteiger partial charge in [-0.25, -0.2) is 0 Å². The summed E-state index contributed by atoms with van der Waals surface area (Å²) in [4.78, 5) is 4.62. The Balaban J connectivity index is 0.00000264. The molecular weight excluding hydrogens is 401 g/mol. The number of nitrogens with zero attached hydrogens (tertiary/aromatic N) is 1. The van der Waals surface area contributed by atoms with Crippen LogP contribution in [0.5, 0.6) is 0 Å². The Morgan fingerprint density at radius 1 is 1.22 bits per heavy atom. The molecule has 0 aromatic heterocycles. The van der Waals surface area contributed by atoms with Crippen LogP contribution in [0, 0.1) is 5.92 Å². The summed E-state index contributed by atoms with van der Waals surface area (Å²) in [5, 5.41) is 16.5. The molecule has 1 aliphatic carbocycles. The van der Waals surface area contributed by atoms with Crippen molar-refractivity contribution in [1.82, 2.24) is 10.6 Å². The van der Waals surface area contributed by atoms with Crippen LogP contribution in [0.1, 0.15) is 38.2 Å². The van der Waals surface area contributed by atoms with Crippen LogP contribution >= 0.6 is 24.0 Å². The molecular formula is C18H30IN3O. The van der Waals surface area contributed by atoms with Gasteiger partial charge in [-0.1, -0.05) is 36.8 Å². The van der Waals surface area contributed by atoms with Crippen molar-refractivity contribution in [2.45, 2.75) is 45.1 Å². The minimum Gasteiger partial charge on any atom is -0.393 e. The van der Waals surface area contributed by atoms with Gasteiger partial charge in [0.15, 0.2) is 5.96 Å². The van der Waals surface area contributed by atoms with Gasteiger partial charge in [0, 0.05) is 25.6 Å². The van der Waals surface area contributed by atoms with Crippen LogP contribution in [0.15, 0.2) is 35.3 Å². The molecule has 0 heterocycles. The molecule has 2 atom stereocenters. The molecule has 3 N–H and O–H groups in total. The van der Waals surface area contributed by atoms with Crippen LogP contribution in [0.2, 0.25) is 0 Å². The summed E-state index contributed by atoms with van der Waals surface area (Å²) in [7, 11) is 0. The van der Waals surface area contributed by atoms with E-state index >= 15 is 0 Å².